The third kappa shape index (κ3) is 3.25. The van der Waals surface area contributed by atoms with Crippen LogP contribution in [-0.4, -0.2) is 21.2 Å². The summed E-state index contributed by atoms with van der Waals surface area (Å²) >= 11 is 3.28. The molecule has 0 aliphatic heterocycles. The first-order valence-corrected chi connectivity index (χ1v) is 8.40. The predicted molar refractivity (Wildman–Crippen MR) is 99.2 cm³/mol. The van der Waals surface area contributed by atoms with Crippen molar-refractivity contribution in [3.8, 4) is 17.0 Å². The minimum atomic E-state index is -1.10. The van der Waals surface area contributed by atoms with Crippen molar-refractivity contribution in [3.63, 3.8) is 0 Å². The maximum absolute atomic E-state index is 11.9. The molecule has 0 aliphatic carbocycles. The van der Waals surface area contributed by atoms with Crippen molar-refractivity contribution >= 4 is 32.8 Å². The number of carboxylic acid groups (broad SMARTS) is 1. The fourth-order valence-corrected chi connectivity index (χ4v) is 2.99. The minimum absolute atomic E-state index is 0.0668. The number of halogens is 1. The van der Waals surface area contributed by atoms with Gasteiger partial charge in [0.25, 0.3) is 0 Å². The summed E-state index contributed by atoms with van der Waals surface area (Å²) in [7, 11) is 0. The van der Waals surface area contributed by atoms with Crippen molar-refractivity contribution in [1.82, 2.24) is 4.98 Å². The molecular weight excluding hydrogens is 386 g/mol. The molecule has 1 heterocycles. The van der Waals surface area contributed by atoms with Crippen molar-refractivity contribution in [2.75, 3.05) is 0 Å². The van der Waals surface area contributed by atoms with E-state index in [0.29, 0.717) is 15.4 Å². The number of hydrogen-bond acceptors (Lipinski definition) is 4. The molecule has 0 radical (unpaired) electrons. The van der Waals surface area contributed by atoms with Gasteiger partial charge >= 0.3 is 5.97 Å². The Morgan fingerprint density at radius 3 is 2.60 bits per heavy atom. The highest BCUT2D eigenvalue weighted by atomic mass is 79.9. The van der Waals surface area contributed by atoms with Gasteiger partial charge in [-0.1, -0.05) is 35.0 Å². The van der Waals surface area contributed by atoms with Gasteiger partial charge in [-0.2, -0.15) is 0 Å². The Kier molecular flexibility index (Phi) is 4.55. The zero-order valence-corrected chi connectivity index (χ0v) is 14.9. The molecule has 3 aromatic rings. The second-order valence-electron chi connectivity index (χ2n) is 5.55. The molecule has 0 fully saturated rings. The number of nitrogens with zero attached hydrogens (tertiary/aromatic N) is 1. The molecule has 0 spiro atoms. The highest BCUT2D eigenvalue weighted by molar-refractivity contribution is 9.10. The molecule has 0 saturated heterocycles. The number of benzene rings is 1. The van der Waals surface area contributed by atoms with Crippen LogP contribution in [-0.2, 0) is 6.42 Å². The Morgan fingerprint density at radius 2 is 1.92 bits per heavy atom. The molecular formula is C19H14BrNO4. The van der Waals surface area contributed by atoms with Gasteiger partial charge < -0.3 is 10.2 Å². The predicted octanol–water partition coefficient (Wildman–Crippen LogP) is 3.99. The van der Waals surface area contributed by atoms with E-state index in [-0.39, 0.29) is 16.8 Å². The van der Waals surface area contributed by atoms with Gasteiger partial charge in [-0.3, -0.25) is 4.79 Å². The standard InChI is InChI=1S/C19H14BrNO4/c1-2-10-3-5-12-13(19(24)25)9-16(21-15(12)7-10)14-8-11(20)4-6-17(22)18(14)23/h3-9H,2H2,1H3,(H,22,23)(H,24,25). The first-order valence-electron chi connectivity index (χ1n) is 7.61. The number of aromatic carboxylic acids is 1. The molecule has 0 amide bonds. The van der Waals surface area contributed by atoms with Crippen molar-refractivity contribution in [3.05, 3.63) is 68.3 Å². The lowest BCUT2D eigenvalue weighted by Gasteiger charge is -2.08. The molecule has 6 heteroatoms. The fourth-order valence-electron chi connectivity index (χ4n) is 2.63. The van der Waals surface area contributed by atoms with Gasteiger partial charge in [0.15, 0.2) is 5.75 Å². The molecule has 2 aromatic carbocycles. The van der Waals surface area contributed by atoms with Crippen LogP contribution in [0.3, 0.4) is 0 Å². The molecule has 25 heavy (non-hydrogen) atoms. The van der Waals surface area contributed by atoms with Crippen LogP contribution >= 0.6 is 15.9 Å². The first-order chi connectivity index (χ1) is 11.9. The van der Waals surface area contributed by atoms with Gasteiger partial charge in [0.1, 0.15) is 0 Å². The molecule has 0 saturated carbocycles. The molecule has 126 valence electrons. The lowest BCUT2D eigenvalue weighted by Crippen LogP contribution is -2.02. The highest BCUT2D eigenvalue weighted by Crippen LogP contribution is 2.30. The van der Waals surface area contributed by atoms with Crippen LogP contribution < -0.4 is 5.43 Å². The topological polar surface area (TPSA) is 87.5 Å². The molecule has 0 atom stereocenters. The van der Waals surface area contributed by atoms with Crippen molar-refractivity contribution < 1.29 is 15.0 Å². The molecule has 0 unspecified atom stereocenters. The quantitative estimate of drug-likeness (QED) is 0.694. The lowest BCUT2D eigenvalue weighted by atomic mass is 10.0. The Hall–Kier alpha value is -2.73. The van der Waals surface area contributed by atoms with Crippen LogP contribution in [0.5, 0.6) is 5.75 Å². The van der Waals surface area contributed by atoms with Gasteiger partial charge in [0, 0.05) is 15.4 Å². The van der Waals surface area contributed by atoms with E-state index in [1.165, 1.54) is 18.2 Å². The van der Waals surface area contributed by atoms with Gasteiger partial charge in [-0.15, -0.1) is 0 Å². The van der Waals surface area contributed by atoms with E-state index in [1.54, 1.807) is 12.1 Å². The van der Waals surface area contributed by atoms with E-state index >= 15 is 0 Å². The van der Waals surface area contributed by atoms with E-state index in [4.69, 9.17) is 0 Å². The van der Waals surface area contributed by atoms with Gasteiger partial charge in [0.2, 0.25) is 5.43 Å². The Morgan fingerprint density at radius 1 is 1.16 bits per heavy atom. The number of pyridine rings is 1. The van der Waals surface area contributed by atoms with Gasteiger partial charge in [-0.25, -0.2) is 9.78 Å². The maximum Gasteiger partial charge on any atom is 0.336 e. The normalized spacial score (nSPS) is 10.8. The van der Waals surface area contributed by atoms with E-state index in [2.05, 4.69) is 20.9 Å². The first kappa shape index (κ1) is 17.1. The van der Waals surface area contributed by atoms with E-state index in [9.17, 15) is 19.8 Å². The number of aromatic hydroxyl groups is 1. The number of rotatable bonds is 3. The number of hydrogen-bond donors (Lipinski definition) is 2. The zero-order chi connectivity index (χ0) is 18.1. The van der Waals surface area contributed by atoms with Crippen LogP contribution in [0.2, 0.25) is 0 Å². The summed E-state index contributed by atoms with van der Waals surface area (Å²) < 4.78 is 0.570. The molecule has 1 aromatic heterocycles. The summed E-state index contributed by atoms with van der Waals surface area (Å²) in [6.45, 7) is 1.99. The number of fused-ring (bicyclic) bond motifs is 1. The Balaban J connectivity index is 2.40. The van der Waals surface area contributed by atoms with Crippen LogP contribution in [0.15, 0.2) is 51.7 Å². The minimum Gasteiger partial charge on any atom is -0.504 e. The van der Waals surface area contributed by atoms with E-state index < -0.39 is 17.1 Å². The number of aromatic nitrogens is 1. The van der Waals surface area contributed by atoms with Crippen molar-refractivity contribution in [2.24, 2.45) is 0 Å². The number of aryl methyl sites for hydroxylation is 1. The van der Waals surface area contributed by atoms with Gasteiger partial charge in [-0.05, 0) is 42.3 Å². The van der Waals surface area contributed by atoms with Crippen LogP contribution in [0.4, 0.5) is 0 Å². The number of carboxylic acids is 1. The summed E-state index contributed by atoms with van der Waals surface area (Å²) in [4.78, 5) is 28.1. The molecule has 3 rings (SSSR count). The third-order valence-corrected chi connectivity index (χ3v) is 4.45. The van der Waals surface area contributed by atoms with Crippen LogP contribution in [0.25, 0.3) is 22.2 Å². The molecule has 2 N–H and O–H groups in total. The number of carbonyl (C=O) groups is 1. The maximum atomic E-state index is 11.9. The average Bonchev–Trinajstić information content (AvgIpc) is 2.73. The van der Waals surface area contributed by atoms with Crippen molar-refractivity contribution in [2.45, 2.75) is 13.3 Å². The Labute approximate surface area is 151 Å². The highest BCUT2D eigenvalue weighted by Gasteiger charge is 2.16. The Bertz CT molecular complexity index is 1060. The zero-order valence-electron chi connectivity index (χ0n) is 13.3. The van der Waals surface area contributed by atoms with E-state index in [1.807, 2.05) is 19.1 Å². The van der Waals surface area contributed by atoms with Crippen LogP contribution in [0, 0.1) is 0 Å². The van der Waals surface area contributed by atoms with E-state index in [0.717, 1.165) is 12.0 Å². The second-order valence-corrected chi connectivity index (χ2v) is 6.47. The second kappa shape index (κ2) is 6.64. The van der Waals surface area contributed by atoms with Crippen LogP contribution in [0.1, 0.15) is 22.8 Å². The summed E-state index contributed by atoms with van der Waals surface area (Å²) in [5.74, 6) is -1.57. The average molecular weight is 400 g/mol. The molecule has 5 nitrogen and oxygen atoms in total. The smallest absolute Gasteiger partial charge is 0.336 e. The third-order valence-electron chi connectivity index (χ3n) is 3.95. The summed E-state index contributed by atoms with van der Waals surface area (Å²) in [5.41, 5.74) is 1.42. The summed E-state index contributed by atoms with van der Waals surface area (Å²) in [5, 5.41) is 20.3. The monoisotopic (exact) mass is 399 g/mol. The van der Waals surface area contributed by atoms with Gasteiger partial charge in [0.05, 0.1) is 16.8 Å². The fraction of sp³-hybridized carbons (Fsp3) is 0.105. The summed E-state index contributed by atoms with van der Waals surface area (Å²) in [6.07, 6.45) is 0.784. The SMILES string of the molecule is CCc1ccc2c(C(=O)O)cc(-c3cc(Br)ccc(=O)c3O)nc2c1. The van der Waals surface area contributed by atoms with Crippen molar-refractivity contribution in [1.29, 1.82) is 0 Å². The molecule has 0 bridgehead atoms. The summed E-state index contributed by atoms with van der Waals surface area (Å²) in [6, 6.07) is 11.1. The lowest BCUT2D eigenvalue weighted by molar-refractivity contribution is 0.0699. The largest absolute Gasteiger partial charge is 0.504 e. The molecule has 0 aliphatic rings.